The highest BCUT2D eigenvalue weighted by atomic mass is 32.2. The predicted molar refractivity (Wildman–Crippen MR) is 63.1 cm³/mol. The zero-order chi connectivity index (χ0) is 10.7. The van der Waals surface area contributed by atoms with Crippen LogP contribution in [0, 0.1) is 5.92 Å². The Labute approximate surface area is 94.5 Å². The SMILES string of the molecule is CC(OC=C1CCCC1)C1CCS(=O)C1. The monoisotopic (exact) mass is 228 g/mol. The van der Waals surface area contributed by atoms with Gasteiger partial charge in [-0.25, -0.2) is 0 Å². The molecule has 0 aromatic heterocycles. The first-order chi connectivity index (χ1) is 7.25. The van der Waals surface area contributed by atoms with Crippen LogP contribution in [-0.4, -0.2) is 21.8 Å². The van der Waals surface area contributed by atoms with E-state index < -0.39 is 10.8 Å². The standard InChI is InChI=1S/C12H20O2S/c1-10(12-6-7-15(13)9-12)14-8-11-4-2-3-5-11/h8,10,12H,2-7,9H2,1H3. The second kappa shape index (κ2) is 5.15. The molecule has 2 nitrogen and oxygen atoms in total. The molecule has 1 aliphatic heterocycles. The van der Waals surface area contributed by atoms with Gasteiger partial charge in [-0.05, 0) is 44.6 Å². The van der Waals surface area contributed by atoms with Crippen molar-refractivity contribution in [2.24, 2.45) is 5.92 Å². The van der Waals surface area contributed by atoms with Crippen LogP contribution in [-0.2, 0) is 15.5 Å². The average Bonchev–Trinajstić information content (AvgIpc) is 2.84. The third-order valence-electron chi connectivity index (χ3n) is 3.48. The van der Waals surface area contributed by atoms with Crippen LogP contribution in [0.1, 0.15) is 39.0 Å². The summed E-state index contributed by atoms with van der Waals surface area (Å²) in [4.78, 5) is 0. The molecule has 0 radical (unpaired) electrons. The van der Waals surface area contributed by atoms with Crippen molar-refractivity contribution < 1.29 is 8.95 Å². The van der Waals surface area contributed by atoms with Gasteiger partial charge in [-0.15, -0.1) is 0 Å². The first kappa shape index (κ1) is 11.2. The molecular formula is C12H20O2S. The van der Waals surface area contributed by atoms with Crippen molar-refractivity contribution in [3.8, 4) is 0 Å². The van der Waals surface area contributed by atoms with Gasteiger partial charge in [-0.3, -0.25) is 4.21 Å². The van der Waals surface area contributed by atoms with Crippen LogP contribution in [0.5, 0.6) is 0 Å². The van der Waals surface area contributed by atoms with Crippen molar-refractivity contribution in [1.82, 2.24) is 0 Å². The fraction of sp³-hybridized carbons (Fsp3) is 0.833. The maximum Gasteiger partial charge on any atom is 0.0987 e. The van der Waals surface area contributed by atoms with Gasteiger partial charge in [0, 0.05) is 28.2 Å². The summed E-state index contributed by atoms with van der Waals surface area (Å²) in [6, 6.07) is 0. The molecule has 0 bridgehead atoms. The third-order valence-corrected chi connectivity index (χ3v) is 4.97. The van der Waals surface area contributed by atoms with E-state index in [4.69, 9.17) is 4.74 Å². The molecule has 0 spiro atoms. The Morgan fingerprint density at radius 1 is 1.47 bits per heavy atom. The number of hydrogen-bond donors (Lipinski definition) is 0. The lowest BCUT2D eigenvalue weighted by atomic mass is 10.0. The van der Waals surface area contributed by atoms with Gasteiger partial charge in [0.15, 0.2) is 0 Å². The summed E-state index contributed by atoms with van der Waals surface area (Å²) in [5, 5.41) is 0. The lowest BCUT2D eigenvalue weighted by Gasteiger charge is -2.17. The summed E-state index contributed by atoms with van der Waals surface area (Å²) >= 11 is 0. The molecular weight excluding hydrogens is 208 g/mol. The minimum Gasteiger partial charge on any atom is -0.498 e. The van der Waals surface area contributed by atoms with E-state index in [1.807, 2.05) is 6.26 Å². The summed E-state index contributed by atoms with van der Waals surface area (Å²) < 4.78 is 17.0. The van der Waals surface area contributed by atoms with E-state index in [9.17, 15) is 4.21 Å². The lowest BCUT2D eigenvalue weighted by Crippen LogP contribution is -2.19. The molecule has 0 N–H and O–H groups in total. The van der Waals surface area contributed by atoms with Crippen LogP contribution in [0.15, 0.2) is 11.8 Å². The molecule has 1 saturated carbocycles. The smallest absolute Gasteiger partial charge is 0.0987 e. The fourth-order valence-corrected chi connectivity index (χ4v) is 3.97. The van der Waals surface area contributed by atoms with Crippen molar-refractivity contribution in [3.63, 3.8) is 0 Å². The fourth-order valence-electron chi connectivity index (χ4n) is 2.32. The van der Waals surface area contributed by atoms with Gasteiger partial charge >= 0.3 is 0 Å². The van der Waals surface area contributed by atoms with E-state index in [0.717, 1.165) is 17.9 Å². The van der Waals surface area contributed by atoms with Crippen LogP contribution in [0.4, 0.5) is 0 Å². The molecule has 1 heterocycles. The number of allylic oxidation sites excluding steroid dienone is 1. The van der Waals surface area contributed by atoms with Gasteiger partial charge in [0.25, 0.3) is 0 Å². The van der Waals surface area contributed by atoms with E-state index in [2.05, 4.69) is 6.92 Å². The molecule has 2 aliphatic rings. The molecule has 2 rings (SSSR count). The minimum atomic E-state index is -0.580. The highest BCUT2D eigenvalue weighted by Crippen LogP contribution is 2.26. The van der Waals surface area contributed by atoms with Crippen LogP contribution in [0.2, 0.25) is 0 Å². The van der Waals surface area contributed by atoms with Crippen molar-refractivity contribution in [2.45, 2.75) is 45.1 Å². The highest BCUT2D eigenvalue weighted by molar-refractivity contribution is 7.85. The van der Waals surface area contributed by atoms with Crippen molar-refractivity contribution in [3.05, 3.63) is 11.8 Å². The lowest BCUT2D eigenvalue weighted by molar-refractivity contribution is 0.111. The minimum absolute atomic E-state index is 0.240. The molecule has 1 aliphatic carbocycles. The average molecular weight is 228 g/mol. The van der Waals surface area contributed by atoms with E-state index in [1.54, 1.807) is 0 Å². The van der Waals surface area contributed by atoms with Crippen molar-refractivity contribution in [1.29, 1.82) is 0 Å². The number of ether oxygens (including phenoxy) is 1. The van der Waals surface area contributed by atoms with E-state index in [-0.39, 0.29) is 6.10 Å². The molecule has 3 unspecified atom stereocenters. The Bertz CT molecular complexity index is 265. The second-order valence-corrected chi connectivity index (χ2v) is 6.31. The zero-order valence-electron chi connectivity index (χ0n) is 9.41. The Morgan fingerprint density at radius 3 is 2.80 bits per heavy atom. The first-order valence-electron chi connectivity index (χ1n) is 5.94. The molecule has 0 amide bonds. The second-order valence-electron chi connectivity index (χ2n) is 4.68. The van der Waals surface area contributed by atoms with Crippen LogP contribution in [0.3, 0.4) is 0 Å². The Morgan fingerprint density at radius 2 is 2.20 bits per heavy atom. The Kier molecular flexibility index (Phi) is 3.84. The van der Waals surface area contributed by atoms with E-state index in [1.165, 1.54) is 31.3 Å². The predicted octanol–water partition coefficient (Wildman–Crippen LogP) is 2.62. The summed E-state index contributed by atoms with van der Waals surface area (Å²) in [6.07, 6.45) is 8.33. The van der Waals surface area contributed by atoms with Crippen LogP contribution < -0.4 is 0 Å². The largest absolute Gasteiger partial charge is 0.498 e. The van der Waals surface area contributed by atoms with Crippen LogP contribution in [0.25, 0.3) is 0 Å². The van der Waals surface area contributed by atoms with Crippen molar-refractivity contribution in [2.75, 3.05) is 11.5 Å². The third kappa shape index (κ3) is 3.07. The molecule has 0 aromatic carbocycles. The molecule has 15 heavy (non-hydrogen) atoms. The normalized spacial score (nSPS) is 33.0. The van der Waals surface area contributed by atoms with Gasteiger partial charge in [0.05, 0.1) is 12.4 Å². The molecule has 3 heteroatoms. The maximum absolute atomic E-state index is 11.3. The summed E-state index contributed by atoms with van der Waals surface area (Å²) in [7, 11) is -0.580. The van der Waals surface area contributed by atoms with Gasteiger partial charge < -0.3 is 4.74 Å². The summed E-state index contributed by atoms with van der Waals surface area (Å²) in [6.45, 7) is 2.11. The molecule has 86 valence electrons. The van der Waals surface area contributed by atoms with Gasteiger partial charge in [-0.2, -0.15) is 0 Å². The molecule has 3 atom stereocenters. The number of rotatable bonds is 3. The molecule has 0 aromatic rings. The quantitative estimate of drug-likeness (QED) is 0.694. The van der Waals surface area contributed by atoms with Gasteiger partial charge in [0.1, 0.15) is 0 Å². The molecule has 1 saturated heterocycles. The zero-order valence-corrected chi connectivity index (χ0v) is 10.2. The Hall–Kier alpha value is -0.310. The van der Waals surface area contributed by atoms with Crippen molar-refractivity contribution >= 4 is 10.8 Å². The Balaban J connectivity index is 1.78. The van der Waals surface area contributed by atoms with Crippen LogP contribution >= 0.6 is 0 Å². The van der Waals surface area contributed by atoms with Gasteiger partial charge in [0.2, 0.25) is 0 Å². The molecule has 2 fully saturated rings. The summed E-state index contributed by atoms with van der Waals surface area (Å²) in [5.41, 5.74) is 1.46. The van der Waals surface area contributed by atoms with E-state index in [0.29, 0.717) is 5.92 Å². The van der Waals surface area contributed by atoms with E-state index >= 15 is 0 Å². The summed E-state index contributed by atoms with van der Waals surface area (Å²) in [5.74, 6) is 2.21. The maximum atomic E-state index is 11.3. The first-order valence-corrected chi connectivity index (χ1v) is 7.43. The topological polar surface area (TPSA) is 26.3 Å². The highest BCUT2D eigenvalue weighted by Gasteiger charge is 2.26. The van der Waals surface area contributed by atoms with Gasteiger partial charge in [-0.1, -0.05) is 0 Å². The number of hydrogen-bond acceptors (Lipinski definition) is 2.